The van der Waals surface area contributed by atoms with Gasteiger partial charge in [-0.05, 0) is 42.7 Å². The van der Waals surface area contributed by atoms with Crippen LogP contribution in [0.4, 0.5) is 0 Å². The molecule has 0 aliphatic carbocycles. The van der Waals surface area contributed by atoms with E-state index in [2.05, 4.69) is 20.6 Å². The minimum absolute atomic E-state index is 0. The van der Waals surface area contributed by atoms with Crippen molar-refractivity contribution < 1.29 is 9.53 Å². The molecule has 0 aliphatic rings. The Balaban J connectivity index is 0.00000364. The molecular weight excluding hydrogens is 479 g/mol. The van der Waals surface area contributed by atoms with Crippen LogP contribution in [-0.2, 0) is 17.7 Å². The predicted octanol–water partition coefficient (Wildman–Crippen LogP) is 3.44. The lowest BCUT2D eigenvalue weighted by molar-refractivity contribution is 0.0526. The van der Waals surface area contributed by atoms with Crippen LogP contribution in [0.15, 0.2) is 47.6 Å². The Kier molecular flexibility index (Phi) is 10.7. The fraction of sp³-hybridized carbons (Fsp3) is 0.316. The van der Waals surface area contributed by atoms with Gasteiger partial charge in [-0.1, -0.05) is 29.8 Å². The largest absolute Gasteiger partial charge is 0.462 e. The van der Waals surface area contributed by atoms with Crippen LogP contribution in [0.2, 0.25) is 5.15 Å². The Morgan fingerprint density at radius 3 is 2.44 bits per heavy atom. The highest BCUT2D eigenvalue weighted by atomic mass is 127. The summed E-state index contributed by atoms with van der Waals surface area (Å²) in [7, 11) is 1.73. The van der Waals surface area contributed by atoms with Gasteiger partial charge in [0, 0.05) is 26.3 Å². The first-order valence-corrected chi connectivity index (χ1v) is 8.81. The third-order valence-corrected chi connectivity index (χ3v) is 3.87. The standard InChI is InChI=1S/C19H23ClN4O2.HI/c1-3-26-18(25)16-7-4-14(5-8-16)13-24-19(21-2)22-11-10-15-6-9-17(20)23-12-15;/h4-9,12H,3,10-11,13H2,1-2H3,(H2,21,22,24);1H. The number of benzene rings is 1. The van der Waals surface area contributed by atoms with Gasteiger partial charge in [-0.25, -0.2) is 9.78 Å². The highest BCUT2D eigenvalue weighted by Crippen LogP contribution is 2.06. The topological polar surface area (TPSA) is 75.6 Å². The molecule has 0 atom stereocenters. The maximum atomic E-state index is 11.6. The van der Waals surface area contributed by atoms with Gasteiger partial charge in [0.2, 0.25) is 0 Å². The Morgan fingerprint density at radius 2 is 1.85 bits per heavy atom. The molecule has 1 aromatic carbocycles. The van der Waals surface area contributed by atoms with Gasteiger partial charge in [-0.15, -0.1) is 24.0 Å². The van der Waals surface area contributed by atoms with E-state index < -0.39 is 0 Å². The zero-order chi connectivity index (χ0) is 18.8. The van der Waals surface area contributed by atoms with Crippen LogP contribution in [0.5, 0.6) is 0 Å². The first-order valence-electron chi connectivity index (χ1n) is 8.43. The number of carbonyl (C=O) groups excluding carboxylic acids is 1. The van der Waals surface area contributed by atoms with Crippen molar-refractivity contribution in [3.63, 3.8) is 0 Å². The molecule has 2 N–H and O–H groups in total. The van der Waals surface area contributed by atoms with Gasteiger partial charge in [0.05, 0.1) is 12.2 Å². The summed E-state index contributed by atoms with van der Waals surface area (Å²) in [5.74, 6) is 0.405. The van der Waals surface area contributed by atoms with Gasteiger partial charge >= 0.3 is 5.97 Å². The quantitative estimate of drug-likeness (QED) is 0.199. The molecule has 27 heavy (non-hydrogen) atoms. The number of rotatable bonds is 7. The second-order valence-corrected chi connectivity index (χ2v) is 5.90. The molecule has 2 aromatic rings. The van der Waals surface area contributed by atoms with Crippen LogP contribution >= 0.6 is 35.6 Å². The summed E-state index contributed by atoms with van der Waals surface area (Å²) in [5.41, 5.74) is 2.70. The number of ether oxygens (including phenoxy) is 1. The van der Waals surface area contributed by atoms with Gasteiger partial charge in [-0.3, -0.25) is 4.99 Å². The van der Waals surface area contributed by atoms with Crippen LogP contribution in [-0.4, -0.2) is 37.1 Å². The molecule has 0 saturated heterocycles. The lowest BCUT2D eigenvalue weighted by Crippen LogP contribution is -2.37. The molecule has 2 rings (SSSR count). The Bertz CT molecular complexity index is 736. The highest BCUT2D eigenvalue weighted by molar-refractivity contribution is 14.0. The summed E-state index contributed by atoms with van der Waals surface area (Å²) in [6.07, 6.45) is 2.59. The molecule has 0 radical (unpaired) electrons. The Morgan fingerprint density at radius 1 is 1.15 bits per heavy atom. The first kappa shape index (κ1) is 23.2. The molecule has 1 heterocycles. The molecule has 0 bridgehead atoms. The zero-order valence-electron chi connectivity index (χ0n) is 15.4. The van der Waals surface area contributed by atoms with E-state index in [9.17, 15) is 4.79 Å². The van der Waals surface area contributed by atoms with E-state index >= 15 is 0 Å². The molecule has 0 saturated carbocycles. The van der Waals surface area contributed by atoms with E-state index in [4.69, 9.17) is 16.3 Å². The third-order valence-electron chi connectivity index (χ3n) is 3.64. The lowest BCUT2D eigenvalue weighted by atomic mass is 10.1. The summed E-state index contributed by atoms with van der Waals surface area (Å²) in [5, 5.41) is 6.99. The average molecular weight is 503 g/mol. The average Bonchev–Trinajstić information content (AvgIpc) is 2.66. The van der Waals surface area contributed by atoms with Gasteiger partial charge in [0.15, 0.2) is 5.96 Å². The maximum Gasteiger partial charge on any atom is 0.338 e. The van der Waals surface area contributed by atoms with Crippen LogP contribution in [0.1, 0.15) is 28.4 Å². The zero-order valence-corrected chi connectivity index (χ0v) is 18.5. The molecule has 0 unspecified atom stereocenters. The van der Waals surface area contributed by atoms with Crippen LogP contribution in [0, 0.1) is 0 Å². The van der Waals surface area contributed by atoms with Gasteiger partial charge in [0.1, 0.15) is 5.15 Å². The number of nitrogens with zero attached hydrogens (tertiary/aromatic N) is 2. The summed E-state index contributed by atoms with van der Waals surface area (Å²) in [6, 6.07) is 11.1. The molecule has 8 heteroatoms. The van der Waals surface area contributed by atoms with E-state index in [0.717, 1.165) is 24.1 Å². The van der Waals surface area contributed by atoms with E-state index in [1.54, 1.807) is 38.4 Å². The molecule has 0 amide bonds. The van der Waals surface area contributed by atoms with Gasteiger partial charge in [0.25, 0.3) is 0 Å². The first-order chi connectivity index (χ1) is 12.6. The lowest BCUT2D eigenvalue weighted by Gasteiger charge is -2.12. The summed E-state index contributed by atoms with van der Waals surface area (Å²) in [4.78, 5) is 19.9. The minimum Gasteiger partial charge on any atom is -0.462 e. The molecular formula is C19H24ClIN4O2. The van der Waals surface area contributed by atoms with Crippen molar-refractivity contribution in [2.24, 2.45) is 4.99 Å². The number of nitrogens with one attached hydrogen (secondary N) is 2. The molecule has 0 spiro atoms. The molecule has 1 aromatic heterocycles. The Labute approximate surface area is 181 Å². The van der Waals surface area contributed by atoms with Crippen molar-refractivity contribution in [2.75, 3.05) is 20.2 Å². The summed E-state index contributed by atoms with van der Waals surface area (Å²) >= 11 is 5.78. The number of hydrogen-bond donors (Lipinski definition) is 2. The van der Waals surface area contributed by atoms with Crippen molar-refractivity contribution in [3.8, 4) is 0 Å². The molecule has 146 valence electrons. The van der Waals surface area contributed by atoms with Crippen molar-refractivity contribution in [1.29, 1.82) is 0 Å². The van der Waals surface area contributed by atoms with E-state index in [1.165, 1.54) is 0 Å². The van der Waals surface area contributed by atoms with Crippen molar-refractivity contribution in [3.05, 3.63) is 64.4 Å². The molecule has 0 fully saturated rings. The van der Waals surface area contributed by atoms with Crippen LogP contribution < -0.4 is 10.6 Å². The number of pyridine rings is 1. The summed E-state index contributed by atoms with van der Waals surface area (Å²) < 4.78 is 4.98. The fourth-order valence-corrected chi connectivity index (χ4v) is 2.37. The minimum atomic E-state index is -0.304. The number of hydrogen-bond acceptors (Lipinski definition) is 4. The number of carbonyl (C=O) groups is 1. The van der Waals surface area contributed by atoms with Crippen molar-refractivity contribution >= 4 is 47.5 Å². The predicted molar refractivity (Wildman–Crippen MR) is 119 cm³/mol. The fourth-order valence-electron chi connectivity index (χ4n) is 2.26. The van der Waals surface area contributed by atoms with Crippen LogP contribution in [0.25, 0.3) is 0 Å². The smallest absolute Gasteiger partial charge is 0.338 e. The van der Waals surface area contributed by atoms with E-state index in [0.29, 0.717) is 29.8 Å². The number of esters is 1. The second kappa shape index (κ2) is 12.5. The number of aromatic nitrogens is 1. The van der Waals surface area contributed by atoms with Crippen LogP contribution in [0.3, 0.4) is 0 Å². The SMILES string of the molecule is CCOC(=O)c1ccc(CNC(=NC)NCCc2ccc(Cl)nc2)cc1.I. The number of halogens is 2. The number of guanidine groups is 1. The number of aliphatic imine (C=N–C) groups is 1. The highest BCUT2D eigenvalue weighted by Gasteiger charge is 2.06. The van der Waals surface area contributed by atoms with Crippen molar-refractivity contribution in [2.45, 2.75) is 19.9 Å². The van der Waals surface area contributed by atoms with E-state index in [-0.39, 0.29) is 29.9 Å². The van der Waals surface area contributed by atoms with Crippen molar-refractivity contribution in [1.82, 2.24) is 15.6 Å². The monoisotopic (exact) mass is 502 g/mol. The third kappa shape index (κ3) is 8.13. The molecule has 6 nitrogen and oxygen atoms in total. The Hall–Kier alpha value is -1.87. The van der Waals surface area contributed by atoms with Gasteiger partial charge in [-0.2, -0.15) is 0 Å². The van der Waals surface area contributed by atoms with E-state index in [1.807, 2.05) is 18.2 Å². The van der Waals surface area contributed by atoms with Gasteiger partial charge < -0.3 is 15.4 Å². The second-order valence-electron chi connectivity index (χ2n) is 5.51. The molecule has 0 aliphatic heterocycles. The maximum absolute atomic E-state index is 11.6. The summed E-state index contributed by atoms with van der Waals surface area (Å²) in [6.45, 7) is 3.49. The normalized spacial score (nSPS) is 10.7.